The van der Waals surface area contributed by atoms with E-state index in [-0.39, 0.29) is 48.4 Å². The first-order chi connectivity index (χ1) is 21.1. The highest BCUT2D eigenvalue weighted by molar-refractivity contribution is 6.13. The van der Waals surface area contributed by atoms with E-state index < -0.39 is 18.3 Å². The van der Waals surface area contributed by atoms with Crippen molar-refractivity contribution in [2.75, 3.05) is 29.1 Å². The van der Waals surface area contributed by atoms with Crippen molar-refractivity contribution < 1.29 is 23.2 Å². The predicted octanol–water partition coefficient (Wildman–Crippen LogP) is 3.79. The number of anilines is 3. The highest BCUT2D eigenvalue weighted by Crippen LogP contribution is 2.46. The number of urea groups is 1. The fourth-order valence-corrected chi connectivity index (χ4v) is 5.40. The topological polar surface area (TPSA) is 151 Å². The molecule has 0 spiro atoms. The molecule has 0 aromatic carbocycles. The van der Waals surface area contributed by atoms with Crippen LogP contribution in [0.1, 0.15) is 66.1 Å². The van der Waals surface area contributed by atoms with Gasteiger partial charge in [0, 0.05) is 49.2 Å². The fraction of sp³-hybridized carbons (Fsp3) is 0.379. The third-order valence-electron chi connectivity index (χ3n) is 8.04. The molecule has 2 N–H and O–H groups in total. The molecule has 2 atom stereocenters. The van der Waals surface area contributed by atoms with Gasteiger partial charge in [0.05, 0.1) is 17.9 Å². The first-order valence-corrected chi connectivity index (χ1v) is 14.3. The lowest BCUT2D eigenvalue weighted by atomic mass is 10.1. The molecule has 2 saturated carbocycles. The summed E-state index contributed by atoms with van der Waals surface area (Å²) in [4.78, 5) is 61.5. The number of pyridine rings is 1. The van der Waals surface area contributed by atoms with E-state index in [1.54, 1.807) is 18.5 Å². The zero-order valence-electron chi connectivity index (χ0n) is 23.9. The Morgan fingerprint density at radius 1 is 1.09 bits per heavy atom. The highest BCUT2D eigenvalue weighted by Gasteiger charge is 2.46. The summed E-state index contributed by atoms with van der Waals surface area (Å²) >= 11 is 0. The summed E-state index contributed by atoms with van der Waals surface area (Å²) in [6, 6.07) is 4.65. The Hall–Kier alpha value is -5.08. The van der Waals surface area contributed by atoms with E-state index in [2.05, 4.69) is 35.6 Å². The maximum absolute atomic E-state index is 13.7. The molecule has 44 heavy (non-hydrogen) atoms. The monoisotopic (exact) mass is 602 g/mol. The summed E-state index contributed by atoms with van der Waals surface area (Å²) < 4.78 is 29.2. The molecule has 3 aliphatic rings. The number of fused-ring (bicyclic) bond motifs is 1. The van der Waals surface area contributed by atoms with E-state index in [4.69, 9.17) is 0 Å². The van der Waals surface area contributed by atoms with Crippen LogP contribution in [0.4, 0.5) is 30.9 Å². The first-order valence-electron chi connectivity index (χ1n) is 14.3. The zero-order valence-corrected chi connectivity index (χ0v) is 23.9. The van der Waals surface area contributed by atoms with Crippen molar-refractivity contribution >= 4 is 40.8 Å². The summed E-state index contributed by atoms with van der Waals surface area (Å²) in [5.41, 5.74) is 3.41. The summed E-state index contributed by atoms with van der Waals surface area (Å²) in [5.74, 6) is -0.925. The Labute approximate surface area is 249 Å². The lowest BCUT2D eigenvalue weighted by molar-refractivity contribution is -0.124. The Balaban J connectivity index is 1.10. The second-order valence-electron chi connectivity index (χ2n) is 11.4. The normalized spacial score (nSPS) is 19.8. The summed E-state index contributed by atoms with van der Waals surface area (Å²) in [7, 11) is 1.45. The molecule has 0 bridgehead atoms. The number of aromatic nitrogens is 6. The molecular formula is C29H28F2N10O3. The van der Waals surface area contributed by atoms with Crippen LogP contribution in [-0.2, 0) is 16.1 Å². The molecule has 4 aromatic heterocycles. The standard InChI is InChI=1S/C29H28F2N10O3/c1-14-5-6-32-25(34-14)18-8-19(18)28(43)38-22-9-21(36-26(37-22)24(30)31)33-10-17-12-40-11-16(15-3-4-15)7-20(27(40)35-17)41-13-23(42)39(2)29(41)44/h5-7,9,11-12,15,18-19,24H,3-4,8,10,13H2,1-2H3,(H2,33,36,37,38,43)/t18-,19-/m0/s1. The molecule has 5 heterocycles. The number of rotatable bonds is 9. The number of likely N-dealkylation sites (N-methyl/N-ethyl adjacent to an activating group) is 1. The van der Waals surface area contributed by atoms with Gasteiger partial charge in [-0.05, 0) is 49.8 Å². The SMILES string of the molecule is Cc1ccnc([C@H]2C[C@@H]2C(=O)Nc2cc(NCc3cn4cc(C5CC5)cc(N5CC(=O)N(C)C5=O)c4n3)nc(C(F)F)n2)n1. The minimum Gasteiger partial charge on any atom is -0.364 e. The zero-order chi connectivity index (χ0) is 30.7. The van der Waals surface area contributed by atoms with E-state index >= 15 is 0 Å². The van der Waals surface area contributed by atoms with Crippen LogP contribution in [0.15, 0.2) is 36.8 Å². The highest BCUT2D eigenvalue weighted by atomic mass is 19.3. The minimum atomic E-state index is -2.96. The molecule has 3 fully saturated rings. The molecular weight excluding hydrogens is 574 g/mol. The average molecular weight is 603 g/mol. The molecule has 2 aliphatic carbocycles. The van der Waals surface area contributed by atoms with Gasteiger partial charge in [0.1, 0.15) is 24.0 Å². The number of hydrogen-bond acceptors (Lipinski definition) is 9. The van der Waals surface area contributed by atoms with Crippen LogP contribution in [0, 0.1) is 12.8 Å². The Morgan fingerprint density at radius 3 is 2.59 bits per heavy atom. The lowest BCUT2D eigenvalue weighted by Gasteiger charge is -2.17. The minimum absolute atomic E-state index is 0.0497. The van der Waals surface area contributed by atoms with Gasteiger partial charge in [0.2, 0.25) is 11.8 Å². The Bertz CT molecular complexity index is 1820. The maximum atomic E-state index is 13.7. The van der Waals surface area contributed by atoms with Gasteiger partial charge in [-0.15, -0.1) is 0 Å². The van der Waals surface area contributed by atoms with Gasteiger partial charge in [-0.2, -0.15) is 0 Å². The number of imide groups is 1. The van der Waals surface area contributed by atoms with Crippen LogP contribution >= 0.6 is 0 Å². The lowest BCUT2D eigenvalue weighted by Crippen LogP contribution is -2.30. The number of carbonyl (C=O) groups is 3. The van der Waals surface area contributed by atoms with Gasteiger partial charge in [-0.25, -0.2) is 38.5 Å². The third kappa shape index (κ3) is 5.29. The molecule has 0 unspecified atom stereocenters. The number of nitrogens with one attached hydrogen (secondary N) is 2. The number of imidazole rings is 1. The van der Waals surface area contributed by atoms with Gasteiger partial charge < -0.3 is 15.0 Å². The Morgan fingerprint density at radius 2 is 1.89 bits per heavy atom. The molecule has 7 rings (SSSR count). The summed E-state index contributed by atoms with van der Waals surface area (Å²) in [6.45, 7) is 1.87. The summed E-state index contributed by atoms with van der Waals surface area (Å²) in [5, 5.41) is 5.64. The summed E-state index contributed by atoms with van der Waals surface area (Å²) in [6.07, 6.45) is 5.06. The van der Waals surface area contributed by atoms with Crippen LogP contribution in [-0.4, -0.2) is 65.7 Å². The third-order valence-corrected chi connectivity index (χ3v) is 8.04. The van der Waals surface area contributed by atoms with Crippen molar-refractivity contribution in [3.8, 4) is 0 Å². The van der Waals surface area contributed by atoms with Crippen LogP contribution in [0.5, 0.6) is 0 Å². The van der Waals surface area contributed by atoms with E-state index in [9.17, 15) is 23.2 Å². The maximum Gasteiger partial charge on any atom is 0.331 e. The first kappa shape index (κ1) is 27.7. The van der Waals surface area contributed by atoms with Crippen LogP contribution in [0.25, 0.3) is 5.65 Å². The van der Waals surface area contributed by atoms with Gasteiger partial charge in [-0.1, -0.05) is 0 Å². The van der Waals surface area contributed by atoms with Crippen molar-refractivity contribution in [2.45, 2.75) is 51.0 Å². The van der Waals surface area contributed by atoms with E-state index in [0.717, 1.165) is 29.0 Å². The van der Waals surface area contributed by atoms with E-state index in [1.165, 1.54) is 18.0 Å². The van der Waals surface area contributed by atoms with Gasteiger partial charge in [-0.3, -0.25) is 19.4 Å². The molecule has 15 heteroatoms. The molecule has 226 valence electrons. The number of halogens is 2. The molecule has 4 amide bonds. The van der Waals surface area contributed by atoms with E-state index in [1.807, 2.05) is 23.6 Å². The molecule has 13 nitrogen and oxygen atoms in total. The van der Waals surface area contributed by atoms with Crippen molar-refractivity contribution in [1.29, 1.82) is 0 Å². The van der Waals surface area contributed by atoms with Gasteiger partial charge in [0.15, 0.2) is 11.5 Å². The number of alkyl halides is 2. The van der Waals surface area contributed by atoms with Crippen molar-refractivity contribution in [3.63, 3.8) is 0 Å². The number of hydrogen-bond donors (Lipinski definition) is 2. The van der Waals surface area contributed by atoms with Gasteiger partial charge in [0.25, 0.3) is 6.43 Å². The number of nitrogens with zero attached hydrogens (tertiary/aromatic N) is 8. The molecule has 1 saturated heterocycles. The number of carbonyl (C=O) groups excluding carboxylic acids is 3. The predicted molar refractivity (Wildman–Crippen MR) is 153 cm³/mol. The quantitative estimate of drug-likeness (QED) is 0.273. The second-order valence-corrected chi connectivity index (χ2v) is 11.4. The molecule has 4 aromatic rings. The number of aryl methyl sites for hydroxylation is 1. The number of amides is 4. The van der Waals surface area contributed by atoms with Gasteiger partial charge >= 0.3 is 6.03 Å². The van der Waals surface area contributed by atoms with Crippen LogP contribution in [0.2, 0.25) is 0 Å². The van der Waals surface area contributed by atoms with E-state index in [0.29, 0.717) is 35.2 Å². The van der Waals surface area contributed by atoms with Crippen molar-refractivity contribution in [1.82, 2.24) is 34.2 Å². The largest absolute Gasteiger partial charge is 0.364 e. The smallest absolute Gasteiger partial charge is 0.331 e. The molecule has 1 aliphatic heterocycles. The second kappa shape index (κ2) is 10.6. The molecule has 0 radical (unpaired) electrons. The Kier molecular flexibility index (Phi) is 6.66. The van der Waals surface area contributed by atoms with Crippen LogP contribution < -0.4 is 15.5 Å². The average Bonchev–Trinajstić information content (AvgIpc) is 3.93. The van der Waals surface area contributed by atoms with Crippen molar-refractivity contribution in [3.05, 3.63) is 65.4 Å². The van der Waals surface area contributed by atoms with Crippen molar-refractivity contribution in [2.24, 2.45) is 5.92 Å². The fourth-order valence-electron chi connectivity index (χ4n) is 5.40. The van der Waals surface area contributed by atoms with Crippen LogP contribution in [0.3, 0.4) is 0 Å².